The topological polar surface area (TPSA) is 82.5 Å². The number of ether oxygens (including phenoxy) is 1. The van der Waals surface area contributed by atoms with E-state index >= 15 is 0 Å². The maximum atomic E-state index is 12.0. The molecule has 3 rings (SSSR count). The minimum Gasteiger partial charge on any atom is -0.452 e. The molecule has 2 aromatic heterocycles. The lowest BCUT2D eigenvalue weighted by atomic mass is 10.2. The van der Waals surface area contributed by atoms with Crippen LogP contribution < -0.4 is 5.43 Å². The van der Waals surface area contributed by atoms with Gasteiger partial charge in [0.15, 0.2) is 17.8 Å². The van der Waals surface area contributed by atoms with Gasteiger partial charge in [0, 0.05) is 17.2 Å². The van der Waals surface area contributed by atoms with Crippen molar-refractivity contribution in [2.24, 2.45) is 0 Å². The van der Waals surface area contributed by atoms with Crippen LogP contribution in [0.15, 0.2) is 44.1 Å². The van der Waals surface area contributed by atoms with E-state index in [1.807, 2.05) is 0 Å². The van der Waals surface area contributed by atoms with E-state index in [1.165, 1.54) is 12.1 Å². The van der Waals surface area contributed by atoms with Gasteiger partial charge in [-0.2, -0.15) is 0 Å². The minimum absolute atomic E-state index is 0.0952. The molecule has 3 aromatic rings. The number of benzene rings is 1. The second-order valence-electron chi connectivity index (χ2n) is 4.63. The summed E-state index contributed by atoms with van der Waals surface area (Å²) in [6, 6.07) is 7.29. The molecule has 22 heavy (non-hydrogen) atoms. The van der Waals surface area contributed by atoms with Crippen molar-refractivity contribution in [1.29, 1.82) is 0 Å². The molecule has 0 saturated carbocycles. The van der Waals surface area contributed by atoms with Gasteiger partial charge in [0.05, 0.1) is 11.1 Å². The molecule has 0 spiro atoms. The van der Waals surface area contributed by atoms with Crippen LogP contribution >= 0.6 is 11.6 Å². The third kappa shape index (κ3) is 2.87. The van der Waals surface area contributed by atoms with Gasteiger partial charge >= 0.3 is 5.97 Å². The minimum atomic E-state index is -0.761. The molecule has 0 aliphatic carbocycles. The first-order chi connectivity index (χ1) is 10.5. The van der Waals surface area contributed by atoms with E-state index in [1.54, 1.807) is 19.1 Å². The Morgan fingerprint density at radius 2 is 2.14 bits per heavy atom. The number of aryl methyl sites for hydroxylation is 1. The molecule has 0 atom stereocenters. The molecule has 1 aromatic carbocycles. The number of aromatic nitrogens is 1. The summed E-state index contributed by atoms with van der Waals surface area (Å²) in [7, 11) is 0. The first kappa shape index (κ1) is 14.3. The number of carbonyl (C=O) groups is 1. The Kier molecular flexibility index (Phi) is 3.68. The van der Waals surface area contributed by atoms with Crippen molar-refractivity contribution in [1.82, 2.24) is 5.16 Å². The summed E-state index contributed by atoms with van der Waals surface area (Å²) in [5, 5.41) is 4.39. The number of nitrogens with zero attached hydrogens (tertiary/aromatic N) is 1. The monoisotopic (exact) mass is 319 g/mol. The van der Waals surface area contributed by atoms with Crippen LogP contribution in [0.3, 0.4) is 0 Å². The van der Waals surface area contributed by atoms with E-state index in [0.29, 0.717) is 21.9 Å². The van der Waals surface area contributed by atoms with Gasteiger partial charge in [-0.25, -0.2) is 4.79 Å². The van der Waals surface area contributed by atoms with Crippen molar-refractivity contribution >= 4 is 28.5 Å². The standard InChI is InChI=1S/C15H10ClNO5/c1-8-4-10(22-17-8)7-20-15(19)14-6-12(18)11-5-9(16)2-3-13(11)21-14/h2-6H,7H2,1H3. The lowest BCUT2D eigenvalue weighted by Gasteiger charge is -2.03. The molecule has 0 unspecified atom stereocenters. The molecule has 7 heteroatoms. The predicted molar refractivity (Wildman–Crippen MR) is 77.9 cm³/mol. The van der Waals surface area contributed by atoms with Crippen LogP contribution in [0.5, 0.6) is 0 Å². The zero-order valence-electron chi connectivity index (χ0n) is 11.5. The Labute approximate surface area is 129 Å². The summed E-state index contributed by atoms with van der Waals surface area (Å²) >= 11 is 5.82. The second-order valence-corrected chi connectivity index (χ2v) is 5.06. The van der Waals surface area contributed by atoms with Crippen molar-refractivity contribution < 1.29 is 18.5 Å². The van der Waals surface area contributed by atoms with Crippen molar-refractivity contribution in [3.05, 3.63) is 62.8 Å². The normalized spacial score (nSPS) is 10.8. The van der Waals surface area contributed by atoms with E-state index in [2.05, 4.69) is 5.16 Å². The summed E-state index contributed by atoms with van der Waals surface area (Å²) in [6.45, 7) is 1.66. The molecule has 6 nitrogen and oxygen atoms in total. The summed E-state index contributed by atoms with van der Waals surface area (Å²) in [4.78, 5) is 23.9. The van der Waals surface area contributed by atoms with Gasteiger partial charge in [-0.05, 0) is 25.1 Å². The number of fused-ring (bicyclic) bond motifs is 1. The Morgan fingerprint density at radius 1 is 1.32 bits per heavy atom. The fraction of sp³-hybridized carbons (Fsp3) is 0.133. The molecule has 0 amide bonds. The zero-order valence-corrected chi connectivity index (χ0v) is 12.2. The molecular weight excluding hydrogens is 310 g/mol. The number of carbonyl (C=O) groups excluding carboxylic acids is 1. The highest BCUT2D eigenvalue weighted by Crippen LogP contribution is 2.18. The zero-order chi connectivity index (χ0) is 15.7. The number of hydrogen-bond donors (Lipinski definition) is 0. The third-order valence-electron chi connectivity index (χ3n) is 2.91. The van der Waals surface area contributed by atoms with Crippen molar-refractivity contribution in [3.8, 4) is 0 Å². The largest absolute Gasteiger partial charge is 0.452 e. The lowest BCUT2D eigenvalue weighted by Crippen LogP contribution is -2.10. The lowest BCUT2D eigenvalue weighted by molar-refractivity contribution is 0.0401. The Balaban J connectivity index is 1.85. The maximum Gasteiger partial charge on any atom is 0.374 e. The van der Waals surface area contributed by atoms with Gasteiger partial charge in [0.25, 0.3) is 0 Å². The summed E-state index contributed by atoms with van der Waals surface area (Å²) in [5.74, 6) is -0.542. The Morgan fingerprint density at radius 3 is 2.86 bits per heavy atom. The van der Waals surface area contributed by atoms with Crippen LogP contribution in [0.2, 0.25) is 5.02 Å². The number of rotatable bonds is 3. The van der Waals surface area contributed by atoms with E-state index in [-0.39, 0.29) is 23.4 Å². The molecular formula is C15H10ClNO5. The van der Waals surface area contributed by atoms with Crippen LogP contribution in [0.25, 0.3) is 11.0 Å². The SMILES string of the molecule is Cc1cc(COC(=O)c2cc(=O)c3cc(Cl)ccc3o2)on1. The third-order valence-corrected chi connectivity index (χ3v) is 3.15. The average molecular weight is 320 g/mol. The van der Waals surface area contributed by atoms with Crippen molar-refractivity contribution in [2.45, 2.75) is 13.5 Å². The van der Waals surface area contributed by atoms with E-state index in [4.69, 9.17) is 25.3 Å². The van der Waals surface area contributed by atoms with Gasteiger partial charge in [-0.1, -0.05) is 16.8 Å². The highest BCUT2D eigenvalue weighted by Gasteiger charge is 2.15. The molecule has 0 fully saturated rings. The Hall–Kier alpha value is -2.60. The maximum absolute atomic E-state index is 12.0. The van der Waals surface area contributed by atoms with Crippen LogP contribution in [-0.2, 0) is 11.3 Å². The Bertz CT molecular complexity index is 912. The van der Waals surface area contributed by atoms with Crippen LogP contribution in [-0.4, -0.2) is 11.1 Å². The first-order valence-corrected chi connectivity index (χ1v) is 6.73. The fourth-order valence-electron chi connectivity index (χ4n) is 1.92. The molecule has 0 aliphatic heterocycles. The molecule has 0 N–H and O–H groups in total. The molecule has 0 aliphatic rings. The number of halogens is 1. The van der Waals surface area contributed by atoms with Crippen LogP contribution in [0, 0.1) is 6.92 Å². The molecule has 0 radical (unpaired) electrons. The van der Waals surface area contributed by atoms with Crippen LogP contribution in [0.4, 0.5) is 0 Å². The number of esters is 1. The predicted octanol–water partition coefficient (Wildman–Crippen LogP) is 3.10. The van der Waals surface area contributed by atoms with E-state index in [0.717, 1.165) is 6.07 Å². The quantitative estimate of drug-likeness (QED) is 0.690. The molecule has 2 heterocycles. The van der Waals surface area contributed by atoms with E-state index < -0.39 is 5.97 Å². The summed E-state index contributed by atoms with van der Waals surface area (Å²) < 4.78 is 15.3. The van der Waals surface area contributed by atoms with E-state index in [9.17, 15) is 9.59 Å². The fourth-order valence-corrected chi connectivity index (χ4v) is 2.09. The van der Waals surface area contributed by atoms with Crippen molar-refractivity contribution in [3.63, 3.8) is 0 Å². The van der Waals surface area contributed by atoms with Crippen molar-refractivity contribution in [2.75, 3.05) is 0 Å². The van der Waals surface area contributed by atoms with Gasteiger partial charge in [0.1, 0.15) is 5.58 Å². The molecule has 112 valence electrons. The highest BCUT2D eigenvalue weighted by atomic mass is 35.5. The second kappa shape index (κ2) is 5.65. The average Bonchev–Trinajstić information content (AvgIpc) is 2.91. The first-order valence-electron chi connectivity index (χ1n) is 6.35. The van der Waals surface area contributed by atoms with Crippen LogP contribution in [0.1, 0.15) is 22.0 Å². The molecule has 0 saturated heterocycles. The summed E-state index contributed by atoms with van der Waals surface area (Å²) in [6.07, 6.45) is 0. The highest BCUT2D eigenvalue weighted by molar-refractivity contribution is 6.31. The van der Waals surface area contributed by atoms with Gasteiger partial charge in [0.2, 0.25) is 5.76 Å². The van der Waals surface area contributed by atoms with Gasteiger partial charge in [-0.15, -0.1) is 0 Å². The number of hydrogen-bond acceptors (Lipinski definition) is 6. The summed E-state index contributed by atoms with van der Waals surface area (Å²) in [5.41, 5.74) is 0.575. The van der Waals surface area contributed by atoms with Gasteiger partial charge in [-0.3, -0.25) is 4.79 Å². The smallest absolute Gasteiger partial charge is 0.374 e. The molecule has 0 bridgehead atoms. The van der Waals surface area contributed by atoms with Gasteiger partial charge < -0.3 is 13.7 Å².